The Labute approximate surface area is 125 Å². The minimum absolute atomic E-state index is 0.0533. The van der Waals surface area contributed by atoms with Gasteiger partial charge in [-0.3, -0.25) is 4.79 Å². The van der Waals surface area contributed by atoms with Crippen LogP contribution < -0.4 is 15.8 Å². The van der Waals surface area contributed by atoms with Gasteiger partial charge in [0.15, 0.2) is 5.75 Å². The highest BCUT2D eigenvalue weighted by Crippen LogP contribution is 2.37. The summed E-state index contributed by atoms with van der Waals surface area (Å²) >= 11 is 11.6. The van der Waals surface area contributed by atoms with Crippen molar-refractivity contribution in [2.45, 2.75) is 26.5 Å². The molecule has 112 valence electrons. The molecule has 8 heteroatoms. The number of rotatable bonds is 5. The van der Waals surface area contributed by atoms with Gasteiger partial charge in [-0.2, -0.15) is 8.78 Å². The first-order chi connectivity index (χ1) is 9.22. The Kier molecular flexibility index (Phi) is 5.98. The number of nitrogens with one attached hydrogen (secondary N) is 1. The lowest BCUT2D eigenvalue weighted by Crippen LogP contribution is -2.39. The molecule has 20 heavy (non-hydrogen) atoms. The molecule has 1 aromatic carbocycles. The second kappa shape index (κ2) is 7.06. The maximum atomic E-state index is 12.2. The molecule has 0 saturated heterocycles. The van der Waals surface area contributed by atoms with Gasteiger partial charge in [0.25, 0.3) is 0 Å². The molecule has 0 unspecified atom stereocenters. The smallest absolute Gasteiger partial charge is 0.387 e. The van der Waals surface area contributed by atoms with Gasteiger partial charge in [0.05, 0.1) is 16.1 Å². The normalized spacial score (nSPS) is 12.7. The van der Waals surface area contributed by atoms with Crippen LogP contribution in [0.15, 0.2) is 12.1 Å². The molecule has 0 saturated carbocycles. The zero-order chi connectivity index (χ0) is 15.4. The van der Waals surface area contributed by atoms with E-state index in [2.05, 4.69) is 10.1 Å². The number of carbonyl (C=O) groups is 1. The quantitative estimate of drug-likeness (QED) is 0.870. The van der Waals surface area contributed by atoms with E-state index in [0.29, 0.717) is 0 Å². The Morgan fingerprint density at radius 2 is 1.80 bits per heavy atom. The van der Waals surface area contributed by atoms with Crippen LogP contribution in [0, 0.1) is 5.92 Å². The van der Waals surface area contributed by atoms with Crippen LogP contribution >= 0.6 is 23.2 Å². The van der Waals surface area contributed by atoms with Crippen LogP contribution in [-0.2, 0) is 4.79 Å². The third-order valence-corrected chi connectivity index (χ3v) is 3.06. The average molecular weight is 327 g/mol. The minimum atomic E-state index is -3.04. The van der Waals surface area contributed by atoms with Gasteiger partial charge in [0, 0.05) is 5.69 Å². The molecular weight excluding hydrogens is 313 g/mol. The first-order valence-electron chi connectivity index (χ1n) is 5.72. The number of anilines is 1. The number of ether oxygens (including phenoxy) is 1. The van der Waals surface area contributed by atoms with Crippen LogP contribution in [0.3, 0.4) is 0 Å². The number of carbonyl (C=O) groups excluding carboxylic acids is 1. The molecule has 0 spiro atoms. The van der Waals surface area contributed by atoms with Crippen molar-refractivity contribution in [1.29, 1.82) is 0 Å². The molecule has 0 heterocycles. The summed E-state index contributed by atoms with van der Waals surface area (Å²) in [6.45, 7) is 0.549. The molecule has 1 rings (SSSR count). The summed E-state index contributed by atoms with van der Waals surface area (Å²) in [6, 6.07) is 1.82. The molecule has 0 radical (unpaired) electrons. The third-order valence-electron chi connectivity index (χ3n) is 2.49. The number of halogens is 4. The first kappa shape index (κ1) is 16.9. The van der Waals surface area contributed by atoms with E-state index in [1.54, 1.807) is 13.8 Å². The van der Waals surface area contributed by atoms with E-state index in [4.69, 9.17) is 28.9 Å². The standard InChI is InChI=1S/C12H14Cl2F2N2O2/c1-5(2)9(17)11(19)18-6-3-7(13)10(8(14)4-6)20-12(15)16/h3-5,9,12H,17H2,1-2H3,(H,18,19)/t9-/m1/s1. The summed E-state index contributed by atoms with van der Waals surface area (Å²) in [4.78, 5) is 11.8. The van der Waals surface area contributed by atoms with Gasteiger partial charge < -0.3 is 15.8 Å². The summed E-state index contributed by atoms with van der Waals surface area (Å²) in [5.41, 5.74) is 5.93. The number of amides is 1. The van der Waals surface area contributed by atoms with Crippen LogP contribution in [0.4, 0.5) is 14.5 Å². The van der Waals surface area contributed by atoms with Crippen LogP contribution in [-0.4, -0.2) is 18.6 Å². The van der Waals surface area contributed by atoms with E-state index >= 15 is 0 Å². The fourth-order valence-electron chi connectivity index (χ4n) is 1.36. The lowest BCUT2D eigenvalue weighted by molar-refractivity contribution is -0.118. The van der Waals surface area contributed by atoms with E-state index in [0.717, 1.165) is 0 Å². The second-order valence-electron chi connectivity index (χ2n) is 4.41. The predicted octanol–water partition coefficient (Wildman–Crippen LogP) is 3.52. The van der Waals surface area contributed by atoms with E-state index in [-0.39, 0.29) is 27.4 Å². The number of hydrogen-bond donors (Lipinski definition) is 2. The van der Waals surface area contributed by atoms with E-state index in [1.165, 1.54) is 12.1 Å². The van der Waals surface area contributed by atoms with Crippen molar-refractivity contribution in [1.82, 2.24) is 0 Å². The van der Waals surface area contributed by atoms with Gasteiger partial charge in [-0.15, -0.1) is 0 Å². The van der Waals surface area contributed by atoms with Crippen molar-refractivity contribution in [3.63, 3.8) is 0 Å². The molecule has 1 amide bonds. The van der Waals surface area contributed by atoms with Gasteiger partial charge in [-0.1, -0.05) is 37.0 Å². The van der Waals surface area contributed by atoms with Crippen molar-refractivity contribution < 1.29 is 18.3 Å². The van der Waals surface area contributed by atoms with Crippen LogP contribution in [0.1, 0.15) is 13.8 Å². The van der Waals surface area contributed by atoms with Gasteiger partial charge in [-0.05, 0) is 18.1 Å². The summed E-state index contributed by atoms with van der Waals surface area (Å²) in [5.74, 6) is -0.813. The number of hydrogen-bond acceptors (Lipinski definition) is 3. The molecule has 0 aliphatic heterocycles. The number of alkyl halides is 2. The lowest BCUT2D eigenvalue weighted by Gasteiger charge is -2.16. The summed E-state index contributed by atoms with van der Waals surface area (Å²) in [6.07, 6.45) is 0. The molecule has 4 nitrogen and oxygen atoms in total. The predicted molar refractivity (Wildman–Crippen MR) is 74.5 cm³/mol. The molecule has 3 N–H and O–H groups in total. The molecular formula is C12H14Cl2F2N2O2. The van der Waals surface area contributed by atoms with E-state index < -0.39 is 18.6 Å². The minimum Gasteiger partial charge on any atom is -0.432 e. The zero-order valence-corrected chi connectivity index (χ0v) is 12.3. The van der Waals surface area contributed by atoms with Crippen molar-refractivity contribution in [3.05, 3.63) is 22.2 Å². The molecule has 0 bridgehead atoms. The van der Waals surface area contributed by atoms with Crippen LogP contribution in [0.25, 0.3) is 0 Å². The number of nitrogens with two attached hydrogens (primary N) is 1. The van der Waals surface area contributed by atoms with Crippen molar-refractivity contribution in [2.75, 3.05) is 5.32 Å². The fourth-order valence-corrected chi connectivity index (χ4v) is 1.94. The average Bonchev–Trinajstić information content (AvgIpc) is 2.32. The highest BCUT2D eigenvalue weighted by molar-refractivity contribution is 6.37. The van der Waals surface area contributed by atoms with Crippen LogP contribution in [0.5, 0.6) is 5.75 Å². The van der Waals surface area contributed by atoms with E-state index in [1.807, 2.05) is 0 Å². The Morgan fingerprint density at radius 1 is 1.30 bits per heavy atom. The van der Waals surface area contributed by atoms with Gasteiger partial charge in [-0.25, -0.2) is 0 Å². The van der Waals surface area contributed by atoms with Gasteiger partial charge >= 0.3 is 6.61 Å². The number of benzene rings is 1. The van der Waals surface area contributed by atoms with E-state index in [9.17, 15) is 13.6 Å². The summed E-state index contributed by atoms with van der Waals surface area (Å²) < 4.78 is 28.5. The molecule has 0 aromatic heterocycles. The Morgan fingerprint density at radius 3 is 2.20 bits per heavy atom. The molecule has 0 aliphatic rings. The first-order valence-corrected chi connectivity index (χ1v) is 6.48. The van der Waals surface area contributed by atoms with Crippen molar-refractivity contribution >= 4 is 34.8 Å². The monoisotopic (exact) mass is 326 g/mol. The second-order valence-corrected chi connectivity index (χ2v) is 5.22. The third kappa shape index (κ3) is 4.47. The highest BCUT2D eigenvalue weighted by Gasteiger charge is 2.19. The largest absolute Gasteiger partial charge is 0.432 e. The van der Waals surface area contributed by atoms with Crippen LogP contribution in [0.2, 0.25) is 10.0 Å². The fraction of sp³-hybridized carbons (Fsp3) is 0.417. The molecule has 0 fully saturated rings. The maximum absolute atomic E-state index is 12.2. The summed E-state index contributed by atoms with van der Waals surface area (Å²) in [7, 11) is 0. The Balaban J connectivity index is 2.91. The van der Waals surface area contributed by atoms with Crippen molar-refractivity contribution in [3.8, 4) is 5.75 Å². The van der Waals surface area contributed by atoms with Gasteiger partial charge in [0.1, 0.15) is 0 Å². The Bertz CT molecular complexity index is 475. The molecule has 1 aromatic rings. The topological polar surface area (TPSA) is 64.4 Å². The molecule has 0 aliphatic carbocycles. The lowest BCUT2D eigenvalue weighted by atomic mass is 10.0. The SMILES string of the molecule is CC(C)[C@@H](N)C(=O)Nc1cc(Cl)c(OC(F)F)c(Cl)c1. The van der Waals surface area contributed by atoms with Crippen molar-refractivity contribution in [2.24, 2.45) is 11.7 Å². The molecule has 1 atom stereocenters. The summed E-state index contributed by atoms with van der Waals surface area (Å²) in [5, 5.41) is 2.24. The zero-order valence-electron chi connectivity index (χ0n) is 10.8. The maximum Gasteiger partial charge on any atom is 0.387 e. The highest BCUT2D eigenvalue weighted by atomic mass is 35.5. The Hall–Kier alpha value is -1.11. The van der Waals surface area contributed by atoms with Gasteiger partial charge in [0.2, 0.25) is 5.91 Å².